The van der Waals surface area contributed by atoms with E-state index < -0.39 is 0 Å². The molecule has 0 bridgehead atoms. The van der Waals surface area contributed by atoms with Gasteiger partial charge in [0.2, 0.25) is 0 Å². The summed E-state index contributed by atoms with van der Waals surface area (Å²) in [5, 5.41) is 0. The zero-order chi connectivity index (χ0) is 19.6. The third-order valence-corrected chi connectivity index (χ3v) is 5.31. The maximum Gasteiger partial charge on any atom is 0.253 e. The second-order valence-corrected chi connectivity index (χ2v) is 7.29. The van der Waals surface area contributed by atoms with Crippen LogP contribution in [-0.2, 0) is 0 Å². The fourth-order valence-electron chi connectivity index (χ4n) is 3.81. The first-order valence-electron chi connectivity index (χ1n) is 9.98. The lowest BCUT2D eigenvalue weighted by molar-refractivity contribution is 0.0762. The van der Waals surface area contributed by atoms with Crippen molar-refractivity contribution in [3.8, 4) is 22.9 Å². The molecular weight excluding hydrogens is 366 g/mol. The Morgan fingerprint density at radius 3 is 2.00 bits per heavy atom. The molecule has 1 aromatic carbocycles. The van der Waals surface area contributed by atoms with Crippen molar-refractivity contribution in [2.45, 2.75) is 25.7 Å². The number of amides is 1. The van der Waals surface area contributed by atoms with Crippen LogP contribution >= 0.6 is 0 Å². The van der Waals surface area contributed by atoms with E-state index in [1.807, 2.05) is 47.4 Å². The minimum Gasteiger partial charge on any atom is -0.463 e. The highest BCUT2D eigenvalue weighted by Gasteiger charge is 2.20. The summed E-state index contributed by atoms with van der Waals surface area (Å²) in [6.45, 7) is 1.63. The highest BCUT2D eigenvalue weighted by atomic mass is 16.3. The normalized spacial score (nSPS) is 14.8. The third kappa shape index (κ3) is 3.42. The lowest BCUT2D eigenvalue weighted by Crippen LogP contribution is -2.31. The molecular formula is C23H21N3O3. The Hall–Kier alpha value is -3.41. The zero-order valence-corrected chi connectivity index (χ0v) is 16.0. The molecule has 0 unspecified atom stereocenters. The molecule has 0 spiro atoms. The van der Waals surface area contributed by atoms with Crippen molar-refractivity contribution in [1.82, 2.24) is 14.9 Å². The first kappa shape index (κ1) is 17.7. The van der Waals surface area contributed by atoms with Crippen molar-refractivity contribution in [3.63, 3.8) is 0 Å². The molecule has 6 heteroatoms. The van der Waals surface area contributed by atoms with Gasteiger partial charge >= 0.3 is 0 Å². The van der Waals surface area contributed by atoms with E-state index in [2.05, 4.69) is 0 Å². The van der Waals surface area contributed by atoms with E-state index in [1.165, 1.54) is 12.8 Å². The topological polar surface area (TPSA) is 72.4 Å². The van der Waals surface area contributed by atoms with Crippen LogP contribution in [0.3, 0.4) is 0 Å². The first-order valence-corrected chi connectivity index (χ1v) is 9.98. The average Bonchev–Trinajstić information content (AvgIpc) is 3.42. The van der Waals surface area contributed by atoms with E-state index in [9.17, 15) is 4.79 Å². The van der Waals surface area contributed by atoms with Gasteiger partial charge < -0.3 is 13.7 Å². The molecule has 0 aliphatic carbocycles. The monoisotopic (exact) mass is 387 g/mol. The van der Waals surface area contributed by atoms with E-state index in [1.54, 1.807) is 12.5 Å². The molecule has 6 nitrogen and oxygen atoms in total. The highest BCUT2D eigenvalue weighted by Crippen LogP contribution is 2.31. The summed E-state index contributed by atoms with van der Waals surface area (Å²) >= 11 is 0. The van der Waals surface area contributed by atoms with Crippen molar-refractivity contribution >= 4 is 16.9 Å². The van der Waals surface area contributed by atoms with Crippen LogP contribution in [0.5, 0.6) is 0 Å². The third-order valence-electron chi connectivity index (χ3n) is 5.31. The summed E-state index contributed by atoms with van der Waals surface area (Å²) < 4.78 is 11.1. The molecule has 1 saturated heterocycles. The van der Waals surface area contributed by atoms with E-state index in [0.29, 0.717) is 39.5 Å². The van der Waals surface area contributed by atoms with Gasteiger partial charge in [-0.3, -0.25) is 4.79 Å². The van der Waals surface area contributed by atoms with Gasteiger partial charge in [0, 0.05) is 18.7 Å². The van der Waals surface area contributed by atoms with Gasteiger partial charge in [-0.2, -0.15) is 0 Å². The zero-order valence-electron chi connectivity index (χ0n) is 16.0. The highest BCUT2D eigenvalue weighted by molar-refractivity contribution is 5.98. The van der Waals surface area contributed by atoms with Crippen LogP contribution < -0.4 is 0 Å². The lowest BCUT2D eigenvalue weighted by atomic mass is 10.1. The maximum atomic E-state index is 13.0. The van der Waals surface area contributed by atoms with Crippen LogP contribution in [0.2, 0.25) is 0 Å². The van der Waals surface area contributed by atoms with Crippen LogP contribution in [0.15, 0.2) is 63.8 Å². The Kier molecular flexibility index (Phi) is 4.60. The van der Waals surface area contributed by atoms with E-state index >= 15 is 0 Å². The number of rotatable bonds is 3. The Labute approximate surface area is 168 Å². The molecule has 29 heavy (non-hydrogen) atoms. The van der Waals surface area contributed by atoms with Crippen molar-refractivity contribution in [3.05, 3.63) is 60.6 Å². The predicted octanol–water partition coefficient (Wildman–Crippen LogP) is 5.17. The SMILES string of the molecule is O=C(c1ccc2nc(-c3ccco3)c(-c3ccco3)nc2c1)N1CCCCCC1. The molecule has 3 aromatic heterocycles. The number of carbonyl (C=O) groups is 1. The summed E-state index contributed by atoms with van der Waals surface area (Å²) in [4.78, 5) is 24.5. The maximum absolute atomic E-state index is 13.0. The molecule has 1 amide bonds. The van der Waals surface area contributed by atoms with Crippen LogP contribution in [0.4, 0.5) is 0 Å². The van der Waals surface area contributed by atoms with Gasteiger partial charge in [0.25, 0.3) is 5.91 Å². The van der Waals surface area contributed by atoms with Gasteiger partial charge in [-0.15, -0.1) is 0 Å². The number of hydrogen-bond acceptors (Lipinski definition) is 5. The second kappa shape index (κ2) is 7.54. The first-order chi connectivity index (χ1) is 14.3. The molecule has 1 aliphatic rings. The molecule has 1 fully saturated rings. The number of likely N-dealkylation sites (tertiary alicyclic amines) is 1. The molecule has 0 atom stereocenters. The number of hydrogen-bond donors (Lipinski definition) is 0. The van der Waals surface area contributed by atoms with Crippen LogP contribution in [-0.4, -0.2) is 33.9 Å². The van der Waals surface area contributed by atoms with Gasteiger partial charge in [0.15, 0.2) is 11.5 Å². The number of aromatic nitrogens is 2. The van der Waals surface area contributed by atoms with Crippen molar-refractivity contribution in [2.75, 3.05) is 13.1 Å². The predicted molar refractivity (Wildman–Crippen MR) is 109 cm³/mol. The molecule has 146 valence electrons. The Morgan fingerprint density at radius 2 is 1.41 bits per heavy atom. The lowest BCUT2D eigenvalue weighted by Gasteiger charge is -2.20. The number of benzene rings is 1. The van der Waals surface area contributed by atoms with E-state index in [4.69, 9.17) is 18.8 Å². The van der Waals surface area contributed by atoms with Crippen LogP contribution in [0.1, 0.15) is 36.0 Å². The van der Waals surface area contributed by atoms with Crippen molar-refractivity contribution in [1.29, 1.82) is 0 Å². The van der Waals surface area contributed by atoms with Crippen LogP contribution in [0, 0.1) is 0 Å². The molecule has 4 heterocycles. The molecule has 0 radical (unpaired) electrons. The summed E-state index contributed by atoms with van der Waals surface area (Å²) in [6.07, 6.45) is 7.72. The van der Waals surface area contributed by atoms with Gasteiger partial charge in [0.1, 0.15) is 11.4 Å². The smallest absolute Gasteiger partial charge is 0.253 e. The summed E-state index contributed by atoms with van der Waals surface area (Å²) in [6, 6.07) is 12.8. The molecule has 0 saturated carbocycles. The van der Waals surface area contributed by atoms with Gasteiger partial charge in [-0.25, -0.2) is 9.97 Å². The summed E-state index contributed by atoms with van der Waals surface area (Å²) in [7, 11) is 0. The standard InChI is InChI=1S/C23H21N3O3/c27-23(26-11-3-1-2-4-12-26)16-9-10-17-18(15-16)25-22(20-8-6-14-29-20)21(24-17)19-7-5-13-28-19/h5-10,13-15H,1-4,11-12H2. The Balaban J connectivity index is 1.59. The van der Waals surface area contributed by atoms with Crippen molar-refractivity contribution in [2.24, 2.45) is 0 Å². The average molecular weight is 387 g/mol. The summed E-state index contributed by atoms with van der Waals surface area (Å²) in [5.74, 6) is 1.29. The minimum atomic E-state index is 0.0604. The quantitative estimate of drug-likeness (QED) is 0.485. The Morgan fingerprint density at radius 1 is 0.793 bits per heavy atom. The number of fused-ring (bicyclic) bond motifs is 1. The molecule has 4 aromatic rings. The number of carbonyl (C=O) groups excluding carboxylic acids is 1. The number of furan rings is 2. The minimum absolute atomic E-state index is 0.0604. The fourth-order valence-corrected chi connectivity index (χ4v) is 3.81. The summed E-state index contributed by atoms with van der Waals surface area (Å²) in [5.41, 5.74) is 3.22. The fraction of sp³-hybridized carbons (Fsp3) is 0.261. The molecule has 5 rings (SSSR count). The van der Waals surface area contributed by atoms with Crippen LogP contribution in [0.25, 0.3) is 33.9 Å². The van der Waals surface area contributed by atoms with E-state index in [-0.39, 0.29) is 5.91 Å². The molecule has 1 aliphatic heterocycles. The van der Waals surface area contributed by atoms with E-state index in [0.717, 1.165) is 25.9 Å². The number of nitrogens with zero attached hydrogens (tertiary/aromatic N) is 3. The second-order valence-electron chi connectivity index (χ2n) is 7.29. The van der Waals surface area contributed by atoms with Gasteiger partial charge in [0.05, 0.1) is 23.6 Å². The largest absolute Gasteiger partial charge is 0.463 e. The van der Waals surface area contributed by atoms with Gasteiger partial charge in [-0.1, -0.05) is 12.8 Å². The molecule has 0 N–H and O–H groups in total. The van der Waals surface area contributed by atoms with Gasteiger partial charge in [-0.05, 0) is 55.3 Å². The Bertz CT molecular complexity index is 1130. The van der Waals surface area contributed by atoms with Crippen molar-refractivity contribution < 1.29 is 13.6 Å².